The lowest BCUT2D eigenvalue weighted by Gasteiger charge is -2.31. The third-order valence-corrected chi connectivity index (χ3v) is 4.20. The van der Waals surface area contributed by atoms with E-state index < -0.39 is 0 Å². The van der Waals surface area contributed by atoms with Gasteiger partial charge in [-0.1, -0.05) is 19.0 Å². The molecule has 2 aromatic heterocycles. The van der Waals surface area contributed by atoms with E-state index in [1.165, 1.54) is 0 Å². The molecule has 0 spiro atoms. The van der Waals surface area contributed by atoms with E-state index in [2.05, 4.69) is 15.2 Å². The monoisotopic (exact) mass is 317 g/mol. The van der Waals surface area contributed by atoms with Gasteiger partial charge in [-0.2, -0.15) is 10.1 Å². The molecule has 0 aromatic carbocycles. The molecule has 0 unspecified atom stereocenters. The Bertz CT molecular complexity index is 676. The standard InChI is InChI=1S/C16H23N5O2/c1-11(2)16-18-15(19-23-16)13-5-4-6-21(10-13)14(22)7-12-8-17-20(3)9-12/h8-9,11,13H,4-7,10H2,1-3H3/t13-/m1/s1. The summed E-state index contributed by atoms with van der Waals surface area (Å²) in [4.78, 5) is 18.9. The van der Waals surface area contributed by atoms with E-state index in [0.717, 1.165) is 30.8 Å². The smallest absolute Gasteiger partial charge is 0.229 e. The first kappa shape index (κ1) is 15.7. The van der Waals surface area contributed by atoms with Gasteiger partial charge in [-0.05, 0) is 18.4 Å². The SMILES string of the molecule is CC(C)c1nc([C@@H]2CCCN(C(=O)Cc3cnn(C)c3)C2)no1. The molecule has 1 aliphatic heterocycles. The van der Waals surface area contributed by atoms with Crippen LogP contribution in [0.5, 0.6) is 0 Å². The molecule has 1 fully saturated rings. The Labute approximate surface area is 135 Å². The lowest BCUT2D eigenvalue weighted by Crippen LogP contribution is -2.40. The molecule has 1 saturated heterocycles. The maximum absolute atomic E-state index is 12.5. The van der Waals surface area contributed by atoms with Crippen molar-refractivity contribution in [2.45, 2.75) is 44.9 Å². The molecule has 7 nitrogen and oxygen atoms in total. The summed E-state index contributed by atoms with van der Waals surface area (Å²) in [6.07, 6.45) is 5.98. The zero-order valence-corrected chi connectivity index (χ0v) is 13.9. The summed E-state index contributed by atoms with van der Waals surface area (Å²) in [6.45, 7) is 5.52. The number of hydrogen-bond donors (Lipinski definition) is 0. The molecule has 0 bridgehead atoms. The summed E-state index contributed by atoms with van der Waals surface area (Å²) in [5.41, 5.74) is 0.946. The number of rotatable bonds is 4. The molecule has 0 radical (unpaired) electrons. The number of piperidine rings is 1. The minimum Gasteiger partial charge on any atom is -0.342 e. The van der Waals surface area contributed by atoms with Gasteiger partial charge in [-0.3, -0.25) is 9.48 Å². The van der Waals surface area contributed by atoms with Gasteiger partial charge >= 0.3 is 0 Å². The van der Waals surface area contributed by atoms with Crippen LogP contribution in [-0.2, 0) is 18.3 Å². The van der Waals surface area contributed by atoms with Crippen LogP contribution in [0.1, 0.15) is 55.8 Å². The van der Waals surface area contributed by atoms with Crippen molar-refractivity contribution in [3.05, 3.63) is 29.7 Å². The molecule has 3 heterocycles. The first-order valence-corrected chi connectivity index (χ1v) is 8.11. The molecule has 1 amide bonds. The first-order valence-electron chi connectivity index (χ1n) is 8.11. The Morgan fingerprint density at radius 3 is 2.96 bits per heavy atom. The van der Waals surface area contributed by atoms with Crippen LogP contribution >= 0.6 is 0 Å². The number of hydrogen-bond acceptors (Lipinski definition) is 5. The quantitative estimate of drug-likeness (QED) is 0.860. The fraction of sp³-hybridized carbons (Fsp3) is 0.625. The van der Waals surface area contributed by atoms with Gasteiger partial charge in [0, 0.05) is 38.2 Å². The summed E-state index contributed by atoms with van der Waals surface area (Å²) in [6, 6.07) is 0. The van der Waals surface area contributed by atoms with Crippen LogP contribution < -0.4 is 0 Å². The van der Waals surface area contributed by atoms with Crippen molar-refractivity contribution in [1.82, 2.24) is 24.8 Å². The number of aryl methyl sites for hydroxylation is 1. The van der Waals surface area contributed by atoms with Gasteiger partial charge < -0.3 is 9.42 Å². The summed E-state index contributed by atoms with van der Waals surface area (Å²) < 4.78 is 7.01. The number of amides is 1. The van der Waals surface area contributed by atoms with Crippen molar-refractivity contribution in [3.8, 4) is 0 Å². The third kappa shape index (κ3) is 3.60. The zero-order chi connectivity index (χ0) is 16.4. The summed E-state index contributed by atoms with van der Waals surface area (Å²) in [5, 5.41) is 8.21. The van der Waals surface area contributed by atoms with Crippen molar-refractivity contribution < 1.29 is 9.32 Å². The van der Waals surface area contributed by atoms with Crippen molar-refractivity contribution in [2.24, 2.45) is 7.05 Å². The molecular formula is C16H23N5O2. The molecule has 23 heavy (non-hydrogen) atoms. The van der Waals surface area contributed by atoms with Crippen LogP contribution in [0.3, 0.4) is 0 Å². The average molecular weight is 317 g/mol. The van der Waals surface area contributed by atoms with Crippen molar-refractivity contribution in [3.63, 3.8) is 0 Å². The topological polar surface area (TPSA) is 77.1 Å². The molecule has 1 atom stereocenters. The maximum atomic E-state index is 12.5. The van der Waals surface area contributed by atoms with Gasteiger partial charge in [-0.25, -0.2) is 0 Å². The van der Waals surface area contributed by atoms with Crippen molar-refractivity contribution in [1.29, 1.82) is 0 Å². The molecule has 0 N–H and O–H groups in total. The van der Waals surface area contributed by atoms with E-state index in [4.69, 9.17) is 4.52 Å². The van der Waals surface area contributed by atoms with Gasteiger partial charge in [0.15, 0.2) is 5.82 Å². The molecular weight excluding hydrogens is 294 g/mol. The van der Waals surface area contributed by atoms with Gasteiger partial charge in [0.1, 0.15) is 0 Å². The van der Waals surface area contributed by atoms with Crippen LogP contribution in [0.2, 0.25) is 0 Å². The minimum absolute atomic E-state index is 0.135. The number of aromatic nitrogens is 4. The van der Waals surface area contributed by atoms with Crippen LogP contribution in [0.25, 0.3) is 0 Å². The Kier molecular flexibility index (Phi) is 4.45. The van der Waals surface area contributed by atoms with Gasteiger partial charge in [-0.15, -0.1) is 0 Å². The van der Waals surface area contributed by atoms with E-state index in [1.807, 2.05) is 32.0 Å². The number of likely N-dealkylation sites (tertiary alicyclic amines) is 1. The molecule has 7 heteroatoms. The normalized spacial score (nSPS) is 18.6. The average Bonchev–Trinajstić information content (AvgIpc) is 3.17. The Morgan fingerprint density at radius 2 is 2.30 bits per heavy atom. The first-order chi connectivity index (χ1) is 11.0. The molecule has 124 valence electrons. The van der Waals surface area contributed by atoms with E-state index in [1.54, 1.807) is 10.9 Å². The molecule has 0 saturated carbocycles. The van der Waals surface area contributed by atoms with Crippen molar-refractivity contribution >= 4 is 5.91 Å². The predicted octanol–water partition coefficient (Wildman–Crippen LogP) is 1.88. The fourth-order valence-electron chi connectivity index (χ4n) is 2.91. The third-order valence-electron chi connectivity index (χ3n) is 4.20. The van der Waals surface area contributed by atoms with Crippen LogP contribution in [-0.4, -0.2) is 43.8 Å². The number of nitrogens with zero attached hydrogens (tertiary/aromatic N) is 5. The van der Waals surface area contributed by atoms with Crippen LogP contribution in [0, 0.1) is 0 Å². The second-order valence-electron chi connectivity index (χ2n) is 6.52. The van der Waals surface area contributed by atoms with E-state index in [0.29, 0.717) is 18.9 Å². The number of carbonyl (C=O) groups is 1. The van der Waals surface area contributed by atoms with E-state index in [9.17, 15) is 4.79 Å². The van der Waals surface area contributed by atoms with E-state index >= 15 is 0 Å². The highest BCUT2D eigenvalue weighted by atomic mass is 16.5. The summed E-state index contributed by atoms with van der Waals surface area (Å²) >= 11 is 0. The second kappa shape index (κ2) is 6.52. The largest absolute Gasteiger partial charge is 0.342 e. The molecule has 2 aromatic rings. The molecule has 1 aliphatic rings. The molecule has 3 rings (SSSR count). The lowest BCUT2D eigenvalue weighted by atomic mass is 9.97. The fourth-order valence-corrected chi connectivity index (χ4v) is 2.91. The summed E-state index contributed by atoms with van der Waals surface area (Å²) in [5.74, 6) is 1.92. The Morgan fingerprint density at radius 1 is 1.48 bits per heavy atom. The van der Waals surface area contributed by atoms with E-state index in [-0.39, 0.29) is 17.7 Å². The van der Waals surface area contributed by atoms with Crippen LogP contribution in [0.4, 0.5) is 0 Å². The predicted molar refractivity (Wildman–Crippen MR) is 83.9 cm³/mol. The second-order valence-corrected chi connectivity index (χ2v) is 6.52. The van der Waals surface area contributed by atoms with Crippen molar-refractivity contribution in [2.75, 3.05) is 13.1 Å². The highest BCUT2D eigenvalue weighted by molar-refractivity contribution is 5.78. The maximum Gasteiger partial charge on any atom is 0.229 e. The van der Waals surface area contributed by atoms with Gasteiger partial charge in [0.05, 0.1) is 12.6 Å². The highest BCUT2D eigenvalue weighted by Crippen LogP contribution is 2.26. The lowest BCUT2D eigenvalue weighted by molar-refractivity contribution is -0.131. The van der Waals surface area contributed by atoms with Gasteiger partial charge in [0.25, 0.3) is 0 Å². The highest BCUT2D eigenvalue weighted by Gasteiger charge is 2.28. The minimum atomic E-state index is 0.135. The van der Waals surface area contributed by atoms with Gasteiger partial charge in [0.2, 0.25) is 11.8 Å². The Hall–Kier alpha value is -2.18. The Balaban J connectivity index is 1.64. The molecule has 0 aliphatic carbocycles. The zero-order valence-electron chi connectivity index (χ0n) is 13.9. The number of carbonyl (C=O) groups excluding carboxylic acids is 1. The summed E-state index contributed by atoms with van der Waals surface area (Å²) in [7, 11) is 1.85. The van der Waals surface area contributed by atoms with Crippen LogP contribution in [0.15, 0.2) is 16.9 Å².